The Hall–Kier alpha value is -3.60. The topological polar surface area (TPSA) is 86.8 Å². The smallest absolute Gasteiger partial charge is 0.484 e. The van der Waals surface area contributed by atoms with E-state index < -0.39 is 30.0 Å². The average Bonchev–Trinajstić information content (AvgIpc) is 3.29. The first-order chi connectivity index (χ1) is 16.2. The van der Waals surface area contributed by atoms with Gasteiger partial charge < -0.3 is 19.5 Å². The molecule has 1 atom stereocenters. The standard InChI is InChI=1S/C23H21F3N2O5S/c1-2-31-22(30)19-14-34-21(28-19)18(12-15-6-4-3-5-7-15)27-20(29)13-32-16-8-10-17(11-9-16)33-23(24,25)26/h3-11,14,18H,2,12-13H2,1H3,(H,27,29). The normalized spacial score (nSPS) is 12.0. The van der Waals surface area contributed by atoms with Gasteiger partial charge in [0.15, 0.2) is 12.3 Å². The highest BCUT2D eigenvalue weighted by Crippen LogP contribution is 2.25. The van der Waals surface area contributed by atoms with Gasteiger partial charge in [0, 0.05) is 5.38 Å². The molecule has 7 nitrogen and oxygen atoms in total. The van der Waals surface area contributed by atoms with Crippen LogP contribution in [0.2, 0.25) is 0 Å². The lowest BCUT2D eigenvalue weighted by atomic mass is 10.1. The Morgan fingerprint density at radius 3 is 2.38 bits per heavy atom. The fraction of sp³-hybridized carbons (Fsp3) is 0.261. The number of nitrogens with zero attached hydrogens (tertiary/aromatic N) is 1. The van der Waals surface area contributed by atoms with Gasteiger partial charge in [-0.3, -0.25) is 4.79 Å². The van der Waals surface area contributed by atoms with Crippen LogP contribution in [-0.4, -0.2) is 36.4 Å². The highest BCUT2D eigenvalue weighted by molar-refractivity contribution is 7.09. The molecule has 1 amide bonds. The van der Waals surface area contributed by atoms with Gasteiger partial charge in [-0.2, -0.15) is 0 Å². The first-order valence-electron chi connectivity index (χ1n) is 10.2. The van der Waals surface area contributed by atoms with Crippen molar-refractivity contribution in [3.8, 4) is 11.5 Å². The van der Waals surface area contributed by atoms with Crippen molar-refractivity contribution in [1.82, 2.24) is 10.3 Å². The van der Waals surface area contributed by atoms with Gasteiger partial charge in [0.05, 0.1) is 12.6 Å². The number of halogens is 3. The van der Waals surface area contributed by atoms with E-state index in [1.165, 1.54) is 23.5 Å². The number of thiazole rings is 1. The second kappa shape index (κ2) is 11.5. The number of carbonyl (C=O) groups is 2. The quantitative estimate of drug-likeness (QED) is 0.412. The van der Waals surface area contributed by atoms with Crippen LogP contribution in [0, 0.1) is 0 Å². The van der Waals surface area contributed by atoms with Crippen LogP contribution in [0.25, 0.3) is 0 Å². The SMILES string of the molecule is CCOC(=O)c1csc(C(Cc2ccccc2)NC(=O)COc2ccc(OC(F)(F)F)cc2)n1. The molecule has 0 aliphatic heterocycles. The Morgan fingerprint density at radius 2 is 1.74 bits per heavy atom. The van der Waals surface area contributed by atoms with Crippen molar-refractivity contribution in [2.75, 3.05) is 13.2 Å². The number of esters is 1. The predicted molar refractivity (Wildman–Crippen MR) is 118 cm³/mol. The van der Waals surface area contributed by atoms with Crippen molar-refractivity contribution >= 4 is 23.2 Å². The molecule has 3 aromatic rings. The summed E-state index contributed by atoms with van der Waals surface area (Å²) in [5.74, 6) is -1.21. The van der Waals surface area contributed by atoms with Crippen LogP contribution in [0.3, 0.4) is 0 Å². The van der Waals surface area contributed by atoms with E-state index in [1.807, 2.05) is 30.3 Å². The highest BCUT2D eigenvalue weighted by atomic mass is 32.1. The van der Waals surface area contributed by atoms with Crippen molar-refractivity contribution in [2.45, 2.75) is 25.7 Å². The van der Waals surface area contributed by atoms with Gasteiger partial charge in [-0.15, -0.1) is 24.5 Å². The Balaban J connectivity index is 1.65. The third-order valence-electron chi connectivity index (χ3n) is 4.35. The highest BCUT2D eigenvalue weighted by Gasteiger charge is 2.31. The second-order valence-corrected chi connectivity index (χ2v) is 7.80. The number of nitrogens with one attached hydrogen (secondary N) is 1. The summed E-state index contributed by atoms with van der Waals surface area (Å²) >= 11 is 1.22. The Labute approximate surface area is 197 Å². The maximum absolute atomic E-state index is 12.6. The number of hydrogen-bond donors (Lipinski definition) is 1. The van der Waals surface area contributed by atoms with E-state index in [1.54, 1.807) is 12.3 Å². The summed E-state index contributed by atoms with van der Waals surface area (Å²) in [6.45, 7) is 1.54. The number of alkyl halides is 3. The maximum atomic E-state index is 12.6. The molecule has 0 spiro atoms. The van der Waals surface area contributed by atoms with Crippen LogP contribution in [0.4, 0.5) is 13.2 Å². The Bertz CT molecular complexity index is 1090. The molecule has 2 aromatic carbocycles. The molecule has 0 bridgehead atoms. The van der Waals surface area contributed by atoms with Crippen LogP contribution in [0.15, 0.2) is 60.0 Å². The first-order valence-corrected chi connectivity index (χ1v) is 11.1. The zero-order valence-corrected chi connectivity index (χ0v) is 18.8. The minimum Gasteiger partial charge on any atom is -0.484 e. The van der Waals surface area contributed by atoms with Crippen molar-refractivity contribution < 1.29 is 37.0 Å². The molecular formula is C23H21F3N2O5S. The summed E-state index contributed by atoms with van der Waals surface area (Å²) in [6, 6.07) is 13.6. The molecular weight excluding hydrogens is 473 g/mol. The zero-order chi connectivity index (χ0) is 24.6. The average molecular weight is 494 g/mol. The number of aromatic nitrogens is 1. The number of amides is 1. The van der Waals surface area contributed by atoms with E-state index in [2.05, 4.69) is 15.0 Å². The van der Waals surface area contributed by atoms with Gasteiger partial charge in [0.2, 0.25) is 0 Å². The molecule has 180 valence electrons. The van der Waals surface area contributed by atoms with Crippen LogP contribution in [0.1, 0.15) is 34.0 Å². The lowest BCUT2D eigenvalue weighted by molar-refractivity contribution is -0.274. The molecule has 1 unspecified atom stereocenters. The van der Waals surface area contributed by atoms with Crippen molar-refractivity contribution in [3.63, 3.8) is 0 Å². The third-order valence-corrected chi connectivity index (χ3v) is 5.31. The van der Waals surface area contributed by atoms with Gasteiger partial charge in [0.25, 0.3) is 5.91 Å². The van der Waals surface area contributed by atoms with Gasteiger partial charge in [0.1, 0.15) is 16.5 Å². The molecule has 0 aliphatic carbocycles. The second-order valence-electron chi connectivity index (χ2n) is 6.91. The summed E-state index contributed by atoms with van der Waals surface area (Å²) in [7, 11) is 0. The monoisotopic (exact) mass is 494 g/mol. The fourth-order valence-electron chi connectivity index (χ4n) is 2.92. The van der Waals surface area contributed by atoms with E-state index in [4.69, 9.17) is 9.47 Å². The lowest BCUT2D eigenvalue weighted by Crippen LogP contribution is -2.33. The molecule has 0 aliphatic rings. The van der Waals surface area contributed by atoms with Crippen molar-refractivity contribution in [1.29, 1.82) is 0 Å². The van der Waals surface area contributed by atoms with E-state index in [0.717, 1.165) is 17.7 Å². The minimum atomic E-state index is -4.79. The first kappa shape index (κ1) is 25.0. The number of carbonyl (C=O) groups excluding carboxylic acids is 2. The summed E-state index contributed by atoms with van der Waals surface area (Å²) in [5.41, 5.74) is 1.11. The van der Waals surface area contributed by atoms with Crippen LogP contribution in [0.5, 0.6) is 11.5 Å². The largest absolute Gasteiger partial charge is 0.573 e. The number of benzene rings is 2. The summed E-state index contributed by atoms with van der Waals surface area (Å²) in [4.78, 5) is 28.8. The van der Waals surface area contributed by atoms with E-state index in [0.29, 0.717) is 11.4 Å². The van der Waals surface area contributed by atoms with E-state index in [9.17, 15) is 22.8 Å². The molecule has 34 heavy (non-hydrogen) atoms. The number of hydrogen-bond acceptors (Lipinski definition) is 7. The summed E-state index contributed by atoms with van der Waals surface area (Å²) in [5, 5.41) is 4.93. The fourth-order valence-corrected chi connectivity index (χ4v) is 3.76. The van der Waals surface area contributed by atoms with Gasteiger partial charge in [-0.25, -0.2) is 9.78 Å². The molecule has 0 saturated heterocycles. The van der Waals surface area contributed by atoms with Gasteiger partial charge in [-0.05, 0) is 43.2 Å². The zero-order valence-electron chi connectivity index (χ0n) is 18.0. The number of rotatable bonds is 10. The molecule has 1 heterocycles. The Kier molecular flexibility index (Phi) is 8.47. The molecule has 11 heteroatoms. The molecule has 3 rings (SSSR count). The van der Waals surface area contributed by atoms with Crippen LogP contribution >= 0.6 is 11.3 Å². The molecule has 0 radical (unpaired) electrons. The number of ether oxygens (including phenoxy) is 3. The van der Waals surface area contributed by atoms with Gasteiger partial charge in [-0.1, -0.05) is 30.3 Å². The summed E-state index contributed by atoms with van der Waals surface area (Å²) < 4.78 is 50.9. The minimum absolute atomic E-state index is 0.159. The third kappa shape index (κ3) is 7.77. The van der Waals surface area contributed by atoms with Crippen LogP contribution < -0.4 is 14.8 Å². The van der Waals surface area contributed by atoms with Crippen molar-refractivity contribution in [3.05, 3.63) is 76.2 Å². The molecule has 0 fully saturated rings. The summed E-state index contributed by atoms with van der Waals surface area (Å²) in [6.07, 6.45) is -4.37. The lowest BCUT2D eigenvalue weighted by Gasteiger charge is -2.17. The Morgan fingerprint density at radius 1 is 1.06 bits per heavy atom. The molecule has 1 N–H and O–H groups in total. The van der Waals surface area contributed by atoms with Crippen molar-refractivity contribution in [2.24, 2.45) is 0 Å². The molecule has 1 aromatic heterocycles. The van der Waals surface area contributed by atoms with E-state index >= 15 is 0 Å². The molecule has 0 saturated carbocycles. The van der Waals surface area contributed by atoms with E-state index in [-0.39, 0.29) is 24.7 Å². The predicted octanol–water partition coefficient (Wildman–Crippen LogP) is 4.70. The van der Waals surface area contributed by atoms with Crippen LogP contribution in [-0.2, 0) is 16.0 Å². The maximum Gasteiger partial charge on any atom is 0.573 e. The van der Waals surface area contributed by atoms with Gasteiger partial charge >= 0.3 is 12.3 Å².